The predicted octanol–water partition coefficient (Wildman–Crippen LogP) is 2.03. The summed E-state index contributed by atoms with van der Waals surface area (Å²) in [4.78, 5) is -0.360. The van der Waals surface area contributed by atoms with Crippen LogP contribution in [-0.2, 0) is 16.6 Å². The van der Waals surface area contributed by atoms with Gasteiger partial charge in [-0.05, 0) is 42.4 Å². The third-order valence-electron chi connectivity index (χ3n) is 3.83. The Morgan fingerprint density at radius 1 is 1.40 bits per heavy atom. The molecule has 1 saturated carbocycles. The van der Waals surface area contributed by atoms with Gasteiger partial charge in [0.15, 0.2) is 0 Å². The fourth-order valence-electron chi connectivity index (χ4n) is 2.68. The van der Waals surface area contributed by atoms with Crippen LogP contribution in [0.1, 0.15) is 31.7 Å². The van der Waals surface area contributed by atoms with Crippen molar-refractivity contribution in [2.45, 2.75) is 37.7 Å². The van der Waals surface area contributed by atoms with Crippen molar-refractivity contribution in [3.05, 3.63) is 29.6 Å². The molecular weight excluding hydrogens is 281 g/mol. The molecule has 0 aliphatic heterocycles. The fraction of sp³-hybridized carbons (Fsp3) is 0.571. The zero-order chi connectivity index (χ0) is 14.8. The van der Waals surface area contributed by atoms with Crippen LogP contribution in [0.15, 0.2) is 23.1 Å². The molecule has 1 aliphatic carbocycles. The lowest BCUT2D eigenvalue weighted by molar-refractivity contribution is 0.281. The number of aliphatic hydroxyl groups is 1. The molecule has 20 heavy (non-hydrogen) atoms. The smallest absolute Gasteiger partial charge is 0.243 e. The van der Waals surface area contributed by atoms with Crippen molar-refractivity contribution in [3.8, 4) is 0 Å². The first-order valence-electron chi connectivity index (χ1n) is 6.81. The summed E-state index contributed by atoms with van der Waals surface area (Å²) in [5.74, 6) is 0.133. The van der Waals surface area contributed by atoms with Gasteiger partial charge in [0.25, 0.3) is 0 Å². The molecule has 4 nitrogen and oxygen atoms in total. The summed E-state index contributed by atoms with van der Waals surface area (Å²) in [6.45, 7) is 2.19. The van der Waals surface area contributed by atoms with Crippen molar-refractivity contribution in [1.82, 2.24) is 4.72 Å². The number of rotatable bonds is 5. The minimum Gasteiger partial charge on any atom is -0.392 e. The Labute approximate surface area is 119 Å². The molecule has 112 valence electrons. The normalized spacial score (nSPS) is 23.1. The first-order valence-corrected chi connectivity index (χ1v) is 8.29. The average molecular weight is 301 g/mol. The van der Waals surface area contributed by atoms with E-state index in [0.29, 0.717) is 23.9 Å². The van der Waals surface area contributed by atoms with Gasteiger partial charge >= 0.3 is 0 Å². The average Bonchev–Trinajstić information content (AvgIpc) is 2.82. The number of halogens is 1. The van der Waals surface area contributed by atoms with Gasteiger partial charge in [-0.2, -0.15) is 0 Å². The van der Waals surface area contributed by atoms with E-state index in [4.69, 9.17) is 5.11 Å². The zero-order valence-electron chi connectivity index (χ0n) is 11.5. The van der Waals surface area contributed by atoms with E-state index in [-0.39, 0.29) is 11.5 Å². The van der Waals surface area contributed by atoms with E-state index >= 15 is 0 Å². The summed E-state index contributed by atoms with van der Waals surface area (Å²) < 4.78 is 40.4. The van der Waals surface area contributed by atoms with Gasteiger partial charge in [-0.15, -0.1) is 0 Å². The molecule has 0 heterocycles. The SMILES string of the molecule is CC1CCC(CNS(=O)(=O)c2ccc(CO)cc2F)C1. The van der Waals surface area contributed by atoms with Crippen molar-refractivity contribution in [1.29, 1.82) is 0 Å². The van der Waals surface area contributed by atoms with Gasteiger partial charge in [0, 0.05) is 6.54 Å². The molecule has 1 aliphatic rings. The molecular formula is C14H20FNO3S. The van der Waals surface area contributed by atoms with Crippen LogP contribution in [0.4, 0.5) is 4.39 Å². The maximum atomic E-state index is 13.8. The molecule has 1 aromatic carbocycles. The highest BCUT2D eigenvalue weighted by Gasteiger charge is 2.25. The quantitative estimate of drug-likeness (QED) is 0.874. The van der Waals surface area contributed by atoms with Crippen molar-refractivity contribution in [2.24, 2.45) is 11.8 Å². The van der Waals surface area contributed by atoms with E-state index in [1.165, 1.54) is 12.1 Å². The molecule has 2 N–H and O–H groups in total. The fourth-order valence-corrected chi connectivity index (χ4v) is 3.85. The van der Waals surface area contributed by atoms with Crippen molar-refractivity contribution >= 4 is 10.0 Å². The van der Waals surface area contributed by atoms with E-state index in [1.54, 1.807) is 0 Å². The Morgan fingerprint density at radius 2 is 2.15 bits per heavy atom. The van der Waals surface area contributed by atoms with Gasteiger partial charge < -0.3 is 5.11 Å². The van der Waals surface area contributed by atoms with Gasteiger partial charge in [-0.1, -0.05) is 19.4 Å². The highest BCUT2D eigenvalue weighted by molar-refractivity contribution is 7.89. The molecule has 0 spiro atoms. The van der Waals surface area contributed by atoms with E-state index in [2.05, 4.69) is 11.6 Å². The second kappa shape index (κ2) is 6.20. The molecule has 0 radical (unpaired) electrons. The highest BCUT2D eigenvalue weighted by Crippen LogP contribution is 2.30. The Morgan fingerprint density at radius 3 is 2.70 bits per heavy atom. The molecule has 2 rings (SSSR count). The number of nitrogens with one attached hydrogen (secondary N) is 1. The molecule has 1 aromatic rings. The molecule has 1 fully saturated rings. The third kappa shape index (κ3) is 3.56. The molecule has 0 saturated heterocycles. The Bertz CT molecular complexity index is 574. The molecule has 6 heteroatoms. The van der Waals surface area contributed by atoms with Gasteiger partial charge in [0.1, 0.15) is 10.7 Å². The molecule has 0 aromatic heterocycles. The van der Waals surface area contributed by atoms with Crippen LogP contribution in [0.5, 0.6) is 0 Å². The van der Waals surface area contributed by atoms with Crippen LogP contribution < -0.4 is 4.72 Å². The standard InChI is InChI=1S/C14H20FNO3S/c1-10-2-3-11(6-10)8-16-20(18,19)14-5-4-12(9-17)7-13(14)15/h4-5,7,10-11,16-17H,2-3,6,8-9H2,1H3. The molecule has 0 amide bonds. The minimum atomic E-state index is -3.83. The Kier molecular flexibility index (Phi) is 4.78. The molecule has 2 atom stereocenters. The van der Waals surface area contributed by atoms with Crippen LogP contribution in [0.2, 0.25) is 0 Å². The summed E-state index contributed by atoms with van der Waals surface area (Å²) >= 11 is 0. The summed E-state index contributed by atoms with van der Waals surface area (Å²) in [6, 6.07) is 3.65. The van der Waals surface area contributed by atoms with Crippen LogP contribution in [0, 0.1) is 17.7 Å². The van der Waals surface area contributed by atoms with Gasteiger partial charge in [0.05, 0.1) is 6.61 Å². The maximum Gasteiger partial charge on any atom is 0.243 e. The Hall–Kier alpha value is -0.980. The lowest BCUT2D eigenvalue weighted by atomic mass is 10.1. The second-order valence-corrected chi connectivity index (χ2v) is 7.29. The first kappa shape index (κ1) is 15.4. The number of hydrogen-bond acceptors (Lipinski definition) is 3. The Balaban J connectivity index is 2.06. The topological polar surface area (TPSA) is 66.4 Å². The number of benzene rings is 1. The third-order valence-corrected chi connectivity index (χ3v) is 5.29. The first-order chi connectivity index (χ1) is 9.42. The van der Waals surface area contributed by atoms with Gasteiger partial charge in [-0.3, -0.25) is 0 Å². The van der Waals surface area contributed by atoms with Crippen LogP contribution >= 0.6 is 0 Å². The van der Waals surface area contributed by atoms with Gasteiger partial charge in [0.2, 0.25) is 10.0 Å². The van der Waals surface area contributed by atoms with E-state index in [0.717, 1.165) is 25.3 Å². The monoisotopic (exact) mass is 301 g/mol. The highest BCUT2D eigenvalue weighted by atomic mass is 32.2. The van der Waals surface area contributed by atoms with Crippen LogP contribution in [0.25, 0.3) is 0 Å². The number of hydrogen-bond donors (Lipinski definition) is 2. The van der Waals surface area contributed by atoms with E-state index in [1.807, 2.05) is 0 Å². The largest absolute Gasteiger partial charge is 0.392 e. The van der Waals surface area contributed by atoms with E-state index < -0.39 is 15.8 Å². The summed E-state index contributed by atoms with van der Waals surface area (Å²) in [5, 5.41) is 8.90. The maximum absolute atomic E-state index is 13.8. The van der Waals surface area contributed by atoms with Crippen molar-refractivity contribution in [3.63, 3.8) is 0 Å². The summed E-state index contributed by atoms with van der Waals surface area (Å²) in [6.07, 6.45) is 3.13. The molecule has 2 unspecified atom stereocenters. The molecule has 0 bridgehead atoms. The van der Waals surface area contributed by atoms with Crippen molar-refractivity contribution < 1.29 is 17.9 Å². The zero-order valence-corrected chi connectivity index (χ0v) is 12.3. The van der Waals surface area contributed by atoms with E-state index in [9.17, 15) is 12.8 Å². The number of sulfonamides is 1. The predicted molar refractivity (Wildman–Crippen MR) is 74.0 cm³/mol. The lowest BCUT2D eigenvalue weighted by Gasteiger charge is -2.12. The second-order valence-electron chi connectivity index (χ2n) is 5.56. The number of aliphatic hydroxyl groups excluding tert-OH is 1. The summed E-state index contributed by atoms with van der Waals surface area (Å²) in [5.41, 5.74) is 0.353. The lowest BCUT2D eigenvalue weighted by Crippen LogP contribution is -2.29. The minimum absolute atomic E-state index is 0.315. The van der Waals surface area contributed by atoms with Gasteiger partial charge in [-0.25, -0.2) is 17.5 Å². The van der Waals surface area contributed by atoms with Crippen LogP contribution in [-0.4, -0.2) is 20.1 Å². The van der Waals surface area contributed by atoms with Crippen molar-refractivity contribution in [2.75, 3.05) is 6.54 Å². The van der Waals surface area contributed by atoms with Crippen LogP contribution in [0.3, 0.4) is 0 Å². The summed E-state index contributed by atoms with van der Waals surface area (Å²) in [7, 11) is -3.83.